The minimum absolute atomic E-state index is 0.000955. The minimum atomic E-state index is -0.839. The quantitative estimate of drug-likeness (QED) is 0.346. The molecule has 36 heavy (non-hydrogen) atoms. The van der Waals surface area contributed by atoms with Crippen molar-refractivity contribution >= 4 is 52.6 Å². The molecule has 0 spiro atoms. The largest absolute Gasteiger partial charge is 0.465 e. The lowest BCUT2D eigenvalue weighted by molar-refractivity contribution is -0.138. The summed E-state index contributed by atoms with van der Waals surface area (Å²) >= 11 is 13.8. The lowest BCUT2D eigenvalue weighted by Crippen LogP contribution is -2.40. The Morgan fingerprint density at radius 3 is 2.42 bits per heavy atom. The van der Waals surface area contributed by atoms with Crippen LogP contribution in [0.15, 0.2) is 76.2 Å². The van der Waals surface area contributed by atoms with E-state index < -0.39 is 18.0 Å². The van der Waals surface area contributed by atoms with E-state index in [0.717, 1.165) is 11.3 Å². The van der Waals surface area contributed by atoms with E-state index in [1.165, 1.54) is 17.8 Å². The molecule has 1 aliphatic heterocycles. The molecule has 3 aromatic rings. The summed E-state index contributed by atoms with van der Waals surface area (Å²) in [5.41, 5.74) is 1.67. The van der Waals surface area contributed by atoms with Crippen LogP contribution in [0.1, 0.15) is 34.5 Å². The first-order valence-corrected chi connectivity index (χ1v) is 12.3. The van der Waals surface area contributed by atoms with Gasteiger partial charge in [0.25, 0.3) is 5.56 Å². The van der Waals surface area contributed by atoms with E-state index in [2.05, 4.69) is 11.6 Å². The fourth-order valence-electron chi connectivity index (χ4n) is 3.81. The molecule has 184 valence electrons. The number of ether oxygens (including phenoxy) is 2. The van der Waals surface area contributed by atoms with Crippen LogP contribution in [0, 0.1) is 0 Å². The predicted octanol–water partition coefficient (Wildman–Crippen LogP) is 4.06. The van der Waals surface area contributed by atoms with Gasteiger partial charge in [0, 0.05) is 15.6 Å². The summed E-state index contributed by atoms with van der Waals surface area (Å²) in [5.74, 6) is -1.12. The van der Waals surface area contributed by atoms with Crippen molar-refractivity contribution in [1.29, 1.82) is 0 Å². The van der Waals surface area contributed by atoms with Crippen molar-refractivity contribution in [2.75, 3.05) is 13.7 Å². The molecule has 0 saturated heterocycles. The van der Waals surface area contributed by atoms with Crippen molar-refractivity contribution < 1.29 is 19.1 Å². The second kappa shape index (κ2) is 10.7. The molecular formula is C26H20Cl2N2O5S. The molecule has 0 N–H and O–H groups in total. The summed E-state index contributed by atoms with van der Waals surface area (Å²) in [6.45, 7) is 5.26. The molecule has 0 saturated carbocycles. The van der Waals surface area contributed by atoms with Gasteiger partial charge >= 0.3 is 11.9 Å². The van der Waals surface area contributed by atoms with Crippen LogP contribution < -0.4 is 14.9 Å². The molecule has 2 heterocycles. The highest BCUT2D eigenvalue weighted by atomic mass is 35.5. The molecule has 1 aliphatic rings. The highest BCUT2D eigenvalue weighted by molar-refractivity contribution is 7.07. The average Bonchev–Trinajstić information content (AvgIpc) is 3.17. The van der Waals surface area contributed by atoms with Crippen molar-refractivity contribution in [3.8, 4) is 0 Å². The number of nitrogens with zero attached hydrogens (tertiary/aromatic N) is 2. The highest BCUT2D eigenvalue weighted by Crippen LogP contribution is 2.31. The van der Waals surface area contributed by atoms with E-state index in [9.17, 15) is 14.4 Å². The van der Waals surface area contributed by atoms with Crippen molar-refractivity contribution in [1.82, 2.24) is 4.57 Å². The number of carbonyl (C=O) groups is 2. The van der Waals surface area contributed by atoms with Crippen LogP contribution in [0.25, 0.3) is 6.08 Å². The number of carbonyl (C=O) groups excluding carboxylic acids is 2. The molecule has 1 unspecified atom stereocenters. The Kier molecular flexibility index (Phi) is 7.59. The van der Waals surface area contributed by atoms with Gasteiger partial charge in [-0.1, -0.05) is 65.4 Å². The van der Waals surface area contributed by atoms with Gasteiger partial charge in [-0.2, -0.15) is 0 Å². The van der Waals surface area contributed by atoms with Crippen LogP contribution >= 0.6 is 34.5 Å². The normalized spacial score (nSPS) is 15.2. The summed E-state index contributed by atoms with van der Waals surface area (Å²) in [7, 11) is 1.29. The number of aromatic nitrogens is 1. The van der Waals surface area contributed by atoms with E-state index in [1.54, 1.807) is 55.5 Å². The fourth-order valence-corrected chi connectivity index (χ4v) is 5.34. The zero-order chi connectivity index (χ0) is 26.0. The lowest BCUT2D eigenvalue weighted by atomic mass is 9.95. The SMILES string of the molecule is C=CCOC(=O)C1=C(C)N=c2sc(=Cc3c(Cl)cccc3Cl)c(=O)n2C1c1ccc(C(=O)OC)cc1. The van der Waals surface area contributed by atoms with Crippen LogP contribution in [-0.2, 0) is 14.3 Å². The van der Waals surface area contributed by atoms with Gasteiger partial charge in [-0.05, 0) is 42.8 Å². The summed E-state index contributed by atoms with van der Waals surface area (Å²) in [5, 5.41) is 0.793. The molecule has 0 fully saturated rings. The van der Waals surface area contributed by atoms with E-state index >= 15 is 0 Å². The van der Waals surface area contributed by atoms with E-state index in [4.69, 9.17) is 32.7 Å². The predicted molar refractivity (Wildman–Crippen MR) is 139 cm³/mol. The molecule has 0 radical (unpaired) electrons. The first-order chi connectivity index (χ1) is 17.3. The Morgan fingerprint density at radius 1 is 1.14 bits per heavy atom. The minimum Gasteiger partial charge on any atom is -0.465 e. The topological polar surface area (TPSA) is 87.0 Å². The zero-order valence-electron chi connectivity index (χ0n) is 19.3. The summed E-state index contributed by atoms with van der Waals surface area (Å²) < 4.78 is 11.9. The average molecular weight is 543 g/mol. The van der Waals surface area contributed by atoms with Crippen LogP contribution in [0.2, 0.25) is 10.0 Å². The van der Waals surface area contributed by atoms with E-state index in [1.807, 2.05) is 0 Å². The van der Waals surface area contributed by atoms with Gasteiger partial charge in [0.15, 0.2) is 4.80 Å². The number of halogens is 2. The number of methoxy groups -OCH3 is 1. The highest BCUT2D eigenvalue weighted by Gasteiger charge is 2.33. The Balaban J connectivity index is 1.94. The van der Waals surface area contributed by atoms with Gasteiger partial charge < -0.3 is 9.47 Å². The Morgan fingerprint density at radius 2 is 1.81 bits per heavy atom. The molecule has 0 aliphatic carbocycles. The van der Waals surface area contributed by atoms with Gasteiger partial charge in [0.05, 0.1) is 34.5 Å². The monoisotopic (exact) mass is 542 g/mol. The van der Waals surface area contributed by atoms with Gasteiger partial charge in [-0.15, -0.1) is 0 Å². The number of rotatable bonds is 6. The summed E-state index contributed by atoms with van der Waals surface area (Å²) in [6, 6.07) is 10.7. The Labute approximate surface area is 220 Å². The zero-order valence-corrected chi connectivity index (χ0v) is 21.6. The Bertz CT molecular complexity index is 1570. The molecular weight excluding hydrogens is 523 g/mol. The van der Waals surface area contributed by atoms with Crippen molar-refractivity contribution in [3.63, 3.8) is 0 Å². The van der Waals surface area contributed by atoms with Crippen molar-refractivity contribution in [2.45, 2.75) is 13.0 Å². The maximum Gasteiger partial charge on any atom is 0.338 e. The lowest BCUT2D eigenvalue weighted by Gasteiger charge is -2.24. The first-order valence-electron chi connectivity index (χ1n) is 10.7. The standard InChI is InChI=1S/C26H20Cl2N2O5S/c1-4-12-35-25(33)21-14(2)29-26-30(22(21)15-8-10-16(11-9-15)24(32)34-3)23(31)20(36-26)13-17-18(27)6-5-7-19(17)28/h4-11,13,22H,1,12H2,2-3H3. The van der Waals surface area contributed by atoms with E-state index in [0.29, 0.717) is 41.8 Å². The maximum atomic E-state index is 13.7. The molecule has 10 heteroatoms. The van der Waals surface area contributed by atoms with Gasteiger partial charge in [0.1, 0.15) is 6.61 Å². The van der Waals surface area contributed by atoms with Crippen LogP contribution in [-0.4, -0.2) is 30.2 Å². The number of fused-ring (bicyclic) bond motifs is 1. The molecule has 1 atom stereocenters. The van der Waals surface area contributed by atoms with Crippen LogP contribution in [0.4, 0.5) is 0 Å². The third-order valence-electron chi connectivity index (χ3n) is 5.50. The second-order valence-corrected chi connectivity index (χ2v) is 9.54. The Hall–Kier alpha value is -3.46. The van der Waals surface area contributed by atoms with Gasteiger partial charge in [0.2, 0.25) is 0 Å². The van der Waals surface area contributed by atoms with Gasteiger partial charge in [-0.3, -0.25) is 9.36 Å². The fraction of sp³-hybridized carbons (Fsp3) is 0.154. The molecule has 7 nitrogen and oxygen atoms in total. The number of benzene rings is 2. The van der Waals surface area contributed by atoms with Crippen molar-refractivity contribution in [3.05, 3.63) is 113 Å². The second-order valence-electron chi connectivity index (χ2n) is 7.72. The maximum absolute atomic E-state index is 13.7. The molecule has 2 aromatic carbocycles. The number of hydrogen-bond donors (Lipinski definition) is 0. The third kappa shape index (κ3) is 4.80. The van der Waals surface area contributed by atoms with Crippen molar-refractivity contribution in [2.24, 2.45) is 4.99 Å². The number of thiazole rings is 1. The third-order valence-corrected chi connectivity index (χ3v) is 7.14. The summed E-state index contributed by atoms with van der Waals surface area (Å²) in [6.07, 6.45) is 3.07. The van der Waals surface area contributed by atoms with Crippen LogP contribution in [0.5, 0.6) is 0 Å². The first kappa shape index (κ1) is 25.6. The number of hydrogen-bond acceptors (Lipinski definition) is 7. The molecule has 4 rings (SSSR count). The molecule has 0 amide bonds. The summed E-state index contributed by atoms with van der Waals surface area (Å²) in [4.78, 5) is 43.6. The van der Waals surface area contributed by atoms with E-state index in [-0.39, 0.29) is 17.7 Å². The number of allylic oxidation sites excluding steroid dienone is 1. The van der Waals surface area contributed by atoms with Gasteiger partial charge in [-0.25, -0.2) is 14.6 Å². The number of esters is 2. The molecule has 1 aromatic heterocycles. The molecule has 0 bridgehead atoms. The van der Waals surface area contributed by atoms with Crippen LogP contribution in [0.3, 0.4) is 0 Å². The smallest absolute Gasteiger partial charge is 0.338 e.